The summed E-state index contributed by atoms with van der Waals surface area (Å²) < 4.78 is 5.34. The molecule has 3 heterocycles. The van der Waals surface area contributed by atoms with Gasteiger partial charge < -0.3 is 14.6 Å². The van der Waals surface area contributed by atoms with Crippen LogP contribution in [-0.4, -0.2) is 31.2 Å². The molecular formula is C13H15N3O. The molecule has 0 aromatic carbocycles. The lowest BCUT2D eigenvalue weighted by molar-refractivity contribution is 0.580. The topological polar surface area (TPSA) is 41.3 Å². The molecule has 3 rings (SSSR count). The highest BCUT2D eigenvalue weighted by Crippen LogP contribution is 2.21. The molecule has 0 amide bonds. The summed E-state index contributed by atoms with van der Waals surface area (Å²) in [5.41, 5.74) is 1.02. The fraction of sp³-hybridized carbons (Fsp3) is 0.308. The third kappa shape index (κ3) is 2.17. The molecule has 17 heavy (non-hydrogen) atoms. The second-order valence-electron chi connectivity index (χ2n) is 4.12. The molecule has 0 saturated carbocycles. The third-order valence-electron chi connectivity index (χ3n) is 2.99. The molecule has 0 radical (unpaired) electrons. The van der Waals surface area contributed by atoms with Crippen molar-refractivity contribution in [2.45, 2.75) is 0 Å². The van der Waals surface area contributed by atoms with Crippen LogP contribution in [0.15, 0.2) is 41.1 Å². The van der Waals surface area contributed by atoms with E-state index in [1.54, 1.807) is 6.26 Å². The molecule has 88 valence electrons. The maximum atomic E-state index is 5.34. The smallest absolute Gasteiger partial charge is 0.135 e. The van der Waals surface area contributed by atoms with Crippen molar-refractivity contribution in [3.05, 3.63) is 36.7 Å². The Kier molecular flexibility index (Phi) is 2.80. The van der Waals surface area contributed by atoms with Crippen molar-refractivity contribution in [1.82, 2.24) is 10.3 Å². The third-order valence-corrected chi connectivity index (χ3v) is 2.99. The highest BCUT2D eigenvalue weighted by molar-refractivity contribution is 5.58. The zero-order chi connectivity index (χ0) is 11.5. The number of aromatic nitrogens is 1. The van der Waals surface area contributed by atoms with E-state index in [1.807, 2.05) is 18.3 Å². The van der Waals surface area contributed by atoms with Crippen LogP contribution in [0.2, 0.25) is 0 Å². The van der Waals surface area contributed by atoms with Crippen molar-refractivity contribution in [2.75, 3.05) is 31.1 Å². The lowest BCUT2D eigenvalue weighted by Crippen LogP contribution is -2.43. The standard InChI is InChI=1S/C13H15N3O/c1-2-12(17-9-1)11-3-4-13(15-10-11)16-7-5-14-6-8-16/h1-4,9-10,14H,5-8H2. The molecule has 1 fully saturated rings. The van der Waals surface area contributed by atoms with Crippen LogP contribution in [0.1, 0.15) is 0 Å². The van der Waals surface area contributed by atoms with E-state index >= 15 is 0 Å². The largest absolute Gasteiger partial charge is 0.464 e. The van der Waals surface area contributed by atoms with Gasteiger partial charge in [0.25, 0.3) is 0 Å². The van der Waals surface area contributed by atoms with E-state index in [4.69, 9.17) is 4.42 Å². The number of piperazine rings is 1. The van der Waals surface area contributed by atoms with Crippen LogP contribution in [0.3, 0.4) is 0 Å². The van der Waals surface area contributed by atoms with Crippen LogP contribution in [-0.2, 0) is 0 Å². The quantitative estimate of drug-likeness (QED) is 0.851. The summed E-state index contributed by atoms with van der Waals surface area (Å²) in [5.74, 6) is 1.91. The average molecular weight is 229 g/mol. The number of anilines is 1. The predicted octanol–water partition coefficient (Wildman–Crippen LogP) is 1.75. The minimum absolute atomic E-state index is 0.865. The van der Waals surface area contributed by atoms with E-state index in [0.717, 1.165) is 43.3 Å². The van der Waals surface area contributed by atoms with Gasteiger partial charge in [-0.3, -0.25) is 0 Å². The highest BCUT2D eigenvalue weighted by Gasteiger charge is 2.11. The fourth-order valence-corrected chi connectivity index (χ4v) is 2.06. The van der Waals surface area contributed by atoms with Gasteiger partial charge in [-0.25, -0.2) is 4.98 Å². The summed E-state index contributed by atoms with van der Waals surface area (Å²) in [7, 11) is 0. The normalized spacial score (nSPS) is 16.1. The Morgan fingerprint density at radius 2 is 2.06 bits per heavy atom. The predicted molar refractivity (Wildman–Crippen MR) is 67.0 cm³/mol. The molecule has 0 aliphatic carbocycles. The van der Waals surface area contributed by atoms with Crippen molar-refractivity contribution in [3.8, 4) is 11.3 Å². The minimum Gasteiger partial charge on any atom is -0.464 e. The van der Waals surface area contributed by atoms with Crippen LogP contribution in [0.25, 0.3) is 11.3 Å². The number of hydrogen-bond donors (Lipinski definition) is 1. The van der Waals surface area contributed by atoms with Gasteiger partial charge in [0.15, 0.2) is 0 Å². The first-order valence-electron chi connectivity index (χ1n) is 5.89. The second kappa shape index (κ2) is 4.59. The monoisotopic (exact) mass is 229 g/mol. The van der Waals surface area contributed by atoms with E-state index in [2.05, 4.69) is 27.3 Å². The second-order valence-corrected chi connectivity index (χ2v) is 4.12. The van der Waals surface area contributed by atoms with Gasteiger partial charge in [0.05, 0.1) is 6.26 Å². The molecule has 4 nitrogen and oxygen atoms in total. The van der Waals surface area contributed by atoms with Crippen LogP contribution < -0.4 is 10.2 Å². The molecule has 1 N–H and O–H groups in total. The molecule has 1 aliphatic heterocycles. The number of nitrogens with one attached hydrogen (secondary N) is 1. The summed E-state index contributed by atoms with van der Waals surface area (Å²) in [6.45, 7) is 4.10. The number of pyridine rings is 1. The summed E-state index contributed by atoms with van der Waals surface area (Å²) in [5, 5.41) is 3.33. The van der Waals surface area contributed by atoms with Crippen LogP contribution in [0, 0.1) is 0 Å². The summed E-state index contributed by atoms with van der Waals surface area (Å²) >= 11 is 0. The van der Waals surface area contributed by atoms with Gasteiger partial charge in [-0.2, -0.15) is 0 Å². The summed E-state index contributed by atoms with van der Waals surface area (Å²) in [6, 6.07) is 7.95. The Bertz CT molecular complexity index is 458. The molecule has 2 aromatic heterocycles. The van der Waals surface area contributed by atoms with E-state index in [1.165, 1.54) is 0 Å². The van der Waals surface area contributed by atoms with Crippen molar-refractivity contribution in [1.29, 1.82) is 0 Å². The Balaban J connectivity index is 1.80. The Labute approximate surface area is 100 Å². The van der Waals surface area contributed by atoms with Gasteiger partial charge >= 0.3 is 0 Å². The van der Waals surface area contributed by atoms with E-state index < -0.39 is 0 Å². The van der Waals surface area contributed by atoms with Gasteiger partial charge in [0.2, 0.25) is 0 Å². The number of rotatable bonds is 2. The summed E-state index contributed by atoms with van der Waals surface area (Å²) in [6.07, 6.45) is 3.55. The lowest BCUT2D eigenvalue weighted by Gasteiger charge is -2.28. The van der Waals surface area contributed by atoms with Gasteiger partial charge in [-0.15, -0.1) is 0 Å². The minimum atomic E-state index is 0.865. The van der Waals surface area contributed by atoms with Crippen molar-refractivity contribution in [3.63, 3.8) is 0 Å². The zero-order valence-electron chi connectivity index (χ0n) is 9.60. The molecule has 0 atom stereocenters. The first-order valence-corrected chi connectivity index (χ1v) is 5.89. The van der Waals surface area contributed by atoms with Crippen LogP contribution >= 0.6 is 0 Å². The zero-order valence-corrected chi connectivity index (χ0v) is 9.60. The van der Waals surface area contributed by atoms with E-state index in [9.17, 15) is 0 Å². The number of nitrogens with zero attached hydrogens (tertiary/aromatic N) is 2. The van der Waals surface area contributed by atoms with Gasteiger partial charge in [0.1, 0.15) is 11.6 Å². The maximum absolute atomic E-state index is 5.34. The lowest BCUT2D eigenvalue weighted by atomic mass is 10.2. The average Bonchev–Trinajstić information content (AvgIpc) is 2.94. The SMILES string of the molecule is c1coc(-c2ccc(N3CCNCC3)nc2)c1. The summed E-state index contributed by atoms with van der Waals surface area (Å²) in [4.78, 5) is 6.79. The van der Waals surface area contributed by atoms with Crippen LogP contribution in [0.5, 0.6) is 0 Å². The van der Waals surface area contributed by atoms with Gasteiger partial charge in [-0.1, -0.05) is 0 Å². The van der Waals surface area contributed by atoms with Crippen molar-refractivity contribution >= 4 is 5.82 Å². The first-order chi connectivity index (χ1) is 8.43. The molecular weight excluding hydrogens is 214 g/mol. The number of hydrogen-bond acceptors (Lipinski definition) is 4. The van der Waals surface area contributed by atoms with Crippen LogP contribution in [0.4, 0.5) is 5.82 Å². The Morgan fingerprint density at radius 3 is 2.71 bits per heavy atom. The van der Waals surface area contributed by atoms with Gasteiger partial charge in [-0.05, 0) is 24.3 Å². The van der Waals surface area contributed by atoms with Crippen molar-refractivity contribution < 1.29 is 4.42 Å². The maximum Gasteiger partial charge on any atom is 0.135 e. The molecule has 1 aliphatic rings. The molecule has 4 heteroatoms. The number of furan rings is 1. The molecule has 2 aromatic rings. The molecule has 0 spiro atoms. The van der Waals surface area contributed by atoms with Gasteiger partial charge in [0, 0.05) is 37.9 Å². The van der Waals surface area contributed by atoms with Crippen molar-refractivity contribution in [2.24, 2.45) is 0 Å². The first kappa shape index (κ1) is 10.4. The molecule has 0 unspecified atom stereocenters. The fourth-order valence-electron chi connectivity index (χ4n) is 2.06. The Morgan fingerprint density at radius 1 is 1.18 bits per heavy atom. The van der Waals surface area contributed by atoms with E-state index in [0.29, 0.717) is 0 Å². The highest BCUT2D eigenvalue weighted by atomic mass is 16.3. The molecule has 0 bridgehead atoms. The molecule has 1 saturated heterocycles. The van der Waals surface area contributed by atoms with E-state index in [-0.39, 0.29) is 0 Å². The Hall–Kier alpha value is -1.81.